The third kappa shape index (κ3) is 2.69. The van der Waals surface area contributed by atoms with Crippen molar-refractivity contribution in [3.63, 3.8) is 0 Å². The fourth-order valence-corrected chi connectivity index (χ4v) is 2.43. The van der Waals surface area contributed by atoms with Gasteiger partial charge in [-0.05, 0) is 38.1 Å². The van der Waals surface area contributed by atoms with Gasteiger partial charge in [0.15, 0.2) is 0 Å². The van der Waals surface area contributed by atoms with E-state index in [1.54, 1.807) is 7.11 Å². The first-order chi connectivity index (χ1) is 6.72. The normalized spacial score (nSPS) is 31.7. The Labute approximate surface area is 86.6 Å². The van der Waals surface area contributed by atoms with Gasteiger partial charge in [-0.2, -0.15) is 0 Å². The maximum Gasteiger partial charge on any atom is 0.0502 e. The topological polar surface area (TPSA) is 38.5 Å². The second-order valence-corrected chi connectivity index (χ2v) is 5.06. The molecule has 1 aliphatic carbocycles. The highest BCUT2D eigenvalue weighted by Crippen LogP contribution is 2.34. The average molecular weight is 198 g/mol. The number of hydrogen-bond donors (Lipinski definition) is 1. The van der Waals surface area contributed by atoms with E-state index in [0.29, 0.717) is 0 Å². The van der Waals surface area contributed by atoms with E-state index < -0.39 is 0 Å². The molecule has 0 amide bonds. The number of ether oxygens (including phenoxy) is 1. The van der Waals surface area contributed by atoms with Crippen LogP contribution in [-0.2, 0) is 4.74 Å². The van der Waals surface area contributed by atoms with Crippen LogP contribution in [0.2, 0.25) is 0 Å². The number of likely N-dealkylation sites (tertiary alicyclic amines) is 1. The molecule has 1 aliphatic heterocycles. The molecule has 82 valence electrons. The summed E-state index contributed by atoms with van der Waals surface area (Å²) in [5, 5.41) is 0. The molecule has 1 unspecified atom stereocenters. The molecule has 1 heterocycles. The Bertz CT molecular complexity index is 190. The van der Waals surface area contributed by atoms with Crippen molar-refractivity contribution < 1.29 is 4.74 Å². The minimum absolute atomic E-state index is 0.176. The third-order valence-corrected chi connectivity index (χ3v) is 3.44. The summed E-state index contributed by atoms with van der Waals surface area (Å²) < 4.78 is 5.22. The standard InChI is InChI=1S/C11H22N2O/c1-14-8-10-3-2-6-13(7-10)9-11(12)4-5-11/h10H,2-9,12H2,1H3. The molecule has 14 heavy (non-hydrogen) atoms. The number of methoxy groups -OCH3 is 1. The van der Waals surface area contributed by atoms with Crippen LogP contribution in [0.25, 0.3) is 0 Å². The first-order valence-electron chi connectivity index (χ1n) is 5.72. The molecule has 2 fully saturated rings. The zero-order valence-corrected chi connectivity index (χ0v) is 9.17. The molecule has 1 saturated carbocycles. The number of nitrogens with zero attached hydrogens (tertiary/aromatic N) is 1. The first-order valence-corrected chi connectivity index (χ1v) is 5.72. The third-order valence-electron chi connectivity index (χ3n) is 3.44. The van der Waals surface area contributed by atoms with Gasteiger partial charge >= 0.3 is 0 Å². The Kier molecular flexibility index (Phi) is 3.10. The van der Waals surface area contributed by atoms with E-state index in [9.17, 15) is 0 Å². The summed E-state index contributed by atoms with van der Waals surface area (Å²) in [6.45, 7) is 4.44. The summed E-state index contributed by atoms with van der Waals surface area (Å²) in [4.78, 5) is 2.53. The van der Waals surface area contributed by atoms with Gasteiger partial charge < -0.3 is 15.4 Å². The molecule has 0 aromatic carbocycles. The van der Waals surface area contributed by atoms with Crippen molar-refractivity contribution in [2.45, 2.75) is 31.2 Å². The van der Waals surface area contributed by atoms with Crippen LogP contribution in [0.3, 0.4) is 0 Å². The van der Waals surface area contributed by atoms with Crippen molar-refractivity contribution >= 4 is 0 Å². The number of nitrogens with two attached hydrogens (primary N) is 1. The molecule has 2 aliphatic rings. The van der Waals surface area contributed by atoms with E-state index in [-0.39, 0.29) is 5.54 Å². The summed E-state index contributed by atoms with van der Waals surface area (Å²) in [5.74, 6) is 0.732. The van der Waals surface area contributed by atoms with E-state index in [1.807, 2.05) is 0 Å². The Hall–Kier alpha value is -0.120. The van der Waals surface area contributed by atoms with Crippen LogP contribution in [0.5, 0.6) is 0 Å². The molecule has 1 atom stereocenters. The van der Waals surface area contributed by atoms with Crippen molar-refractivity contribution in [3.05, 3.63) is 0 Å². The lowest BCUT2D eigenvalue weighted by molar-refractivity contribution is 0.0865. The van der Waals surface area contributed by atoms with E-state index in [0.717, 1.165) is 19.1 Å². The summed E-state index contributed by atoms with van der Waals surface area (Å²) in [6, 6.07) is 0. The summed E-state index contributed by atoms with van der Waals surface area (Å²) in [6.07, 6.45) is 5.07. The first kappa shape index (κ1) is 10.4. The smallest absolute Gasteiger partial charge is 0.0502 e. The molecule has 2 rings (SSSR count). The highest BCUT2D eigenvalue weighted by atomic mass is 16.5. The Morgan fingerprint density at radius 3 is 2.93 bits per heavy atom. The highest BCUT2D eigenvalue weighted by molar-refractivity contribution is 5.01. The fraction of sp³-hybridized carbons (Fsp3) is 1.00. The molecular formula is C11H22N2O. The van der Waals surface area contributed by atoms with Crippen molar-refractivity contribution in [2.75, 3.05) is 33.4 Å². The minimum atomic E-state index is 0.176. The summed E-state index contributed by atoms with van der Waals surface area (Å²) >= 11 is 0. The van der Waals surface area contributed by atoms with Crippen LogP contribution in [0.1, 0.15) is 25.7 Å². The maximum absolute atomic E-state index is 6.12. The Balaban J connectivity index is 1.75. The zero-order chi connectivity index (χ0) is 10.0. The average Bonchev–Trinajstić information content (AvgIpc) is 2.84. The van der Waals surface area contributed by atoms with Gasteiger partial charge in [-0.1, -0.05) is 0 Å². The molecule has 3 heteroatoms. The Morgan fingerprint density at radius 2 is 2.29 bits per heavy atom. The van der Waals surface area contributed by atoms with Gasteiger partial charge in [-0.25, -0.2) is 0 Å². The van der Waals surface area contributed by atoms with Crippen molar-refractivity contribution in [2.24, 2.45) is 11.7 Å². The molecule has 3 nitrogen and oxygen atoms in total. The lowest BCUT2D eigenvalue weighted by Gasteiger charge is -2.34. The fourth-order valence-electron chi connectivity index (χ4n) is 2.43. The highest BCUT2D eigenvalue weighted by Gasteiger charge is 2.40. The number of rotatable bonds is 4. The largest absolute Gasteiger partial charge is 0.384 e. The number of piperidine rings is 1. The van der Waals surface area contributed by atoms with Crippen LogP contribution in [0.4, 0.5) is 0 Å². The molecule has 0 radical (unpaired) electrons. The lowest BCUT2D eigenvalue weighted by Crippen LogP contribution is -2.45. The summed E-state index contributed by atoms with van der Waals surface area (Å²) in [7, 11) is 1.80. The van der Waals surface area contributed by atoms with Gasteiger partial charge in [0.25, 0.3) is 0 Å². The van der Waals surface area contributed by atoms with Crippen LogP contribution in [-0.4, -0.2) is 43.8 Å². The van der Waals surface area contributed by atoms with Crippen LogP contribution < -0.4 is 5.73 Å². The van der Waals surface area contributed by atoms with Gasteiger partial charge in [-0.15, -0.1) is 0 Å². The molecule has 0 aromatic rings. The van der Waals surface area contributed by atoms with Gasteiger partial charge in [0, 0.05) is 25.7 Å². The molecule has 2 N–H and O–H groups in total. The maximum atomic E-state index is 6.12. The molecule has 1 saturated heterocycles. The van der Waals surface area contributed by atoms with E-state index in [4.69, 9.17) is 10.5 Å². The van der Waals surface area contributed by atoms with E-state index in [1.165, 1.54) is 38.8 Å². The van der Waals surface area contributed by atoms with Crippen molar-refractivity contribution in [1.29, 1.82) is 0 Å². The monoisotopic (exact) mass is 198 g/mol. The molecular weight excluding hydrogens is 176 g/mol. The van der Waals surface area contributed by atoms with Crippen molar-refractivity contribution in [1.82, 2.24) is 4.90 Å². The van der Waals surface area contributed by atoms with E-state index in [2.05, 4.69) is 4.90 Å². The summed E-state index contributed by atoms with van der Waals surface area (Å²) in [5.41, 5.74) is 6.30. The van der Waals surface area contributed by atoms with Gasteiger partial charge in [0.2, 0.25) is 0 Å². The van der Waals surface area contributed by atoms with Gasteiger partial charge in [0.05, 0.1) is 6.61 Å². The predicted molar refractivity (Wildman–Crippen MR) is 57.2 cm³/mol. The predicted octanol–water partition coefficient (Wildman–Crippen LogP) is 0.836. The second-order valence-electron chi connectivity index (χ2n) is 5.06. The van der Waals surface area contributed by atoms with Crippen LogP contribution in [0, 0.1) is 5.92 Å². The molecule has 0 bridgehead atoms. The van der Waals surface area contributed by atoms with Crippen LogP contribution in [0.15, 0.2) is 0 Å². The number of hydrogen-bond acceptors (Lipinski definition) is 3. The molecule has 0 spiro atoms. The van der Waals surface area contributed by atoms with Crippen molar-refractivity contribution in [3.8, 4) is 0 Å². The lowest BCUT2D eigenvalue weighted by atomic mass is 9.98. The van der Waals surface area contributed by atoms with Gasteiger partial charge in [-0.3, -0.25) is 0 Å². The minimum Gasteiger partial charge on any atom is -0.384 e. The molecule has 0 aromatic heterocycles. The Morgan fingerprint density at radius 1 is 1.50 bits per heavy atom. The van der Waals surface area contributed by atoms with E-state index >= 15 is 0 Å². The van der Waals surface area contributed by atoms with Crippen LogP contribution >= 0.6 is 0 Å². The second kappa shape index (κ2) is 4.17. The quantitative estimate of drug-likeness (QED) is 0.727. The van der Waals surface area contributed by atoms with Gasteiger partial charge in [0.1, 0.15) is 0 Å². The zero-order valence-electron chi connectivity index (χ0n) is 9.17. The SMILES string of the molecule is COCC1CCCN(CC2(N)CC2)C1.